The van der Waals surface area contributed by atoms with Crippen LogP contribution in [0.25, 0.3) is 11.1 Å². The Bertz CT molecular complexity index is 986. The SMILES string of the molecule is Cc1c(O)ccc2c1CCc1c(C)c(O)cc(CO[C@@H]3O[C@H](CO)[C@@H](O)[C@H](O)[C@H]3O)c1-2. The van der Waals surface area contributed by atoms with Gasteiger partial charge in [0.15, 0.2) is 6.29 Å². The van der Waals surface area contributed by atoms with Gasteiger partial charge >= 0.3 is 0 Å². The molecule has 168 valence electrons. The Morgan fingerprint density at radius 1 is 0.935 bits per heavy atom. The zero-order valence-corrected chi connectivity index (χ0v) is 17.4. The number of fused-ring (bicyclic) bond motifs is 3. The summed E-state index contributed by atoms with van der Waals surface area (Å²) in [5.41, 5.74) is 6.15. The van der Waals surface area contributed by atoms with Crippen LogP contribution in [0, 0.1) is 13.8 Å². The molecule has 0 saturated carbocycles. The van der Waals surface area contributed by atoms with Gasteiger partial charge in [-0.25, -0.2) is 0 Å². The number of hydrogen-bond acceptors (Lipinski definition) is 8. The monoisotopic (exact) mass is 432 g/mol. The zero-order valence-electron chi connectivity index (χ0n) is 17.4. The van der Waals surface area contributed by atoms with Crippen molar-refractivity contribution in [3.8, 4) is 22.6 Å². The van der Waals surface area contributed by atoms with E-state index in [9.17, 15) is 30.6 Å². The molecule has 0 radical (unpaired) electrons. The van der Waals surface area contributed by atoms with Gasteiger partial charge in [0.2, 0.25) is 0 Å². The molecule has 5 atom stereocenters. The molecule has 1 fully saturated rings. The minimum Gasteiger partial charge on any atom is -0.508 e. The average Bonchev–Trinajstić information content (AvgIpc) is 2.76. The summed E-state index contributed by atoms with van der Waals surface area (Å²) in [5.74, 6) is 0.363. The van der Waals surface area contributed by atoms with Gasteiger partial charge in [0.25, 0.3) is 0 Å². The van der Waals surface area contributed by atoms with E-state index >= 15 is 0 Å². The minimum atomic E-state index is -1.53. The van der Waals surface area contributed by atoms with E-state index in [-0.39, 0.29) is 18.1 Å². The average molecular weight is 432 g/mol. The van der Waals surface area contributed by atoms with Crippen molar-refractivity contribution < 1.29 is 40.1 Å². The van der Waals surface area contributed by atoms with E-state index in [1.165, 1.54) is 0 Å². The van der Waals surface area contributed by atoms with Gasteiger partial charge in [-0.15, -0.1) is 0 Å². The van der Waals surface area contributed by atoms with Crippen molar-refractivity contribution in [1.29, 1.82) is 0 Å². The van der Waals surface area contributed by atoms with E-state index in [0.717, 1.165) is 39.8 Å². The predicted molar refractivity (Wildman–Crippen MR) is 111 cm³/mol. The number of aliphatic hydroxyl groups is 4. The van der Waals surface area contributed by atoms with E-state index in [1.54, 1.807) is 12.1 Å². The molecule has 1 heterocycles. The fourth-order valence-electron chi connectivity index (χ4n) is 4.57. The third kappa shape index (κ3) is 3.69. The van der Waals surface area contributed by atoms with Gasteiger partial charge in [-0.1, -0.05) is 6.07 Å². The van der Waals surface area contributed by atoms with Crippen molar-refractivity contribution in [2.75, 3.05) is 6.61 Å². The number of phenols is 2. The van der Waals surface area contributed by atoms with Gasteiger partial charge in [0.1, 0.15) is 35.9 Å². The maximum atomic E-state index is 10.5. The summed E-state index contributed by atoms with van der Waals surface area (Å²) in [6.45, 7) is 3.14. The fourth-order valence-corrected chi connectivity index (χ4v) is 4.57. The molecule has 1 saturated heterocycles. The number of phenolic OH excluding ortho intramolecular Hbond substituents is 2. The van der Waals surface area contributed by atoms with Crippen LogP contribution in [0.1, 0.15) is 27.8 Å². The van der Waals surface area contributed by atoms with E-state index in [2.05, 4.69) is 0 Å². The second-order valence-corrected chi connectivity index (χ2v) is 8.28. The van der Waals surface area contributed by atoms with Crippen molar-refractivity contribution in [2.45, 2.75) is 64.0 Å². The summed E-state index contributed by atoms with van der Waals surface area (Å²) in [5, 5.41) is 60.1. The molecule has 0 aromatic heterocycles. The lowest BCUT2D eigenvalue weighted by molar-refractivity contribution is -0.304. The molecule has 0 unspecified atom stereocenters. The second-order valence-electron chi connectivity index (χ2n) is 8.28. The first-order valence-electron chi connectivity index (χ1n) is 10.3. The van der Waals surface area contributed by atoms with Crippen molar-refractivity contribution in [1.82, 2.24) is 0 Å². The summed E-state index contributed by atoms with van der Waals surface area (Å²) < 4.78 is 11.2. The van der Waals surface area contributed by atoms with Crippen molar-refractivity contribution in [3.63, 3.8) is 0 Å². The van der Waals surface area contributed by atoms with Crippen LogP contribution in [0.3, 0.4) is 0 Å². The lowest BCUT2D eigenvalue weighted by atomic mass is 9.79. The molecule has 2 aromatic carbocycles. The summed E-state index contributed by atoms with van der Waals surface area (Å²) in [6.07, 6.45) is -5.38. The van der Waals surface area contributed by atoms with E-state index < -0.39 is 37.3 Å². The van der Waals surface area contributed by atoms with E-state index in [4.69, 9.17) is 9.47 Å². The van der Waals surface area contributed by atoms with Gasteiger partial charge in [-0.3, -0.25) is 0 Å². The number of benzene rings is 2. The lowest BCUT2D eigenvalue weighted by Gasteiger charge is -2.39. The van der Waals surface area contributed by atoms with Crippen LogP contribution < -0.4 is 0 Å². The van der Waals surface area contributed by atoms with Crippen molar-refractivity contribution in [3.05, 3.63) is 46.0 Å². The van der Waals surface area contributed by atoms with E-state index in [1.807, 2.05) is 19.9 Å². The lowest BCUT2D eigenvalue weighted by Crippen LogP contribution is -2.59. The minimum absolute atomic E-state index is 0.0434. The highest BCUT2D eigenvalue weighted by Gasteiger charge is 2.44. The Hall–Kier alpha value is -2.20. The van der Waals surface area contributed by atoms with Crippen LogP contribution >= 0.6 is 0 Å². The standard InChI is InChI=1S/C23H28O8/c1-10-13-3-4-14-11(2)17(26)7-12(19(14)15(13)5-6-16(10)25)9-30-23-22(29)21(28)20(27)18(8-24)31-23/h5-7,18,20-29H,3-4,8-9H2,1-2H3/t18-,20-,21+,22-,23-/m1/s1. The van der Waals surface area contributed by atoms with Crippen LogP contribution in [0.15, 0.2) is 18.2 Å². The molecule has 8 nitrogen and oxygen atoms in total. The third-order valence-corrected chi connectivity index (χ3v) is 6.49. The number of aliphatic hydroxyl groups excluding tert-OH is 4. The largest absolute Gasteiger partial charge is 0.508 e. The Labute approximate surface area is 179 Å². The molecule has 2 aromatic rings. The zero-order chi connectivity index (χ0) is 22.4. The number of rotatable bonds is 4. The predicted octanol–water partition coefficient (Wildman–Crippen LogP) is 0.797. The van der Waals surface area contributed by atoms with Crippen molar-refractivity contribution in [2.24, 2.45) is 0 Å². The Kier molecular flexibility index (Phi) is 5.95. The Balaban J connectivity index is 1.69. The molecular formula is C23H28O8. The summed E-state index contributed by atoms with van der Waals surface area (Å²) in [7, 11) is 0. The smallest absolute Gasteiger partial charge is 0.187 e. The second kappa shape index (κ2) is 8.38. The first kappa shape index (κ1) is 22.0. The first-order chi connectivity index (χ1) is 14.7. The topological polar surface area (TPSA) is 140 Å². The molecule has 1 aliphatic carbocycles. The molecule has 4 rings (SSSR count). The molecule has 8 heteroatoms. The number of aromatic hydroxyl groups is 2. The van der Waals surface area contributed by atoms with E-state index in [0.29, 0.717) is 12.0 Å². The fraction of sp³-hybridized carbons (Fsp3) is 0.478. The highest BCUT2D eigenvalue weighted by molar-refractivity contribution is 5.80. The maximum absolute atomic E-state index is 10.5. The highest BCUT2D eigenvalue weighted by atomic mass is 16.7. The Morgan fingerprint density at radius 3 is 2.32 bits per heavy atom. The van der Waals surface area contributed by atoms with Crippen LogP contribution in [-0.2, 0) is 28.9 Å². The maximum Gasteiger partial charge on any atom is 0.187 e. The van der Waals surface area contributed by atoms with Crippen LogP contribution in [0.5, 0.6) is 11.5 Å². The molecule has 0 bridgehead atoms. The molecule has 0 spiro atoms. The Morgan fingerprint density at radius 2 is 1.61 bits per heavy atom. The normalized spacial score (nSPS) is 27.6. The number of ether oxygens (including phenoxy) is 2. The van der Waals surface area contributed by atoms with Crippen LogP contribution in [0.4, 0.5) is 0 Å². The number of hydrogen-bond donors (Lipinski definition) is 6. The quantitative estimate of drug-likeness (QED) is 0.417. The van der Waals surface area contributed by atoms with Gasteiger partial charge in [-0.05, 0) is 77.8 Å². The summed E-state index contributed by atoms with van der Waals surface area (Å²) >= 11 is 0. The first-order valence-corrected chi connectivity index (χ1v) is 10.3. The highest BCUT2D eigenvalue weighted by Crippen LogP contribution is 2.43. The van der Waals surface area contributed by atoms with Crippen molar-refractivity contribution >= 4 is 0 Å². The summed E-state index contributed by atoms with van der Waals surface area (Å²) in [6, 6.07) is 5.10. The van der Waals surface area contributed by atoms with Gasteiger partial charge in [0, 0.05) is 0 Å². The summed E-state index contributed by atoms with van der Waals surface area (Å²) in [4.78, 5) is 0. The molecule has 1 aliphatic heterocycles. The molecule has 2 aliphatic rings. The molecule has 0 amide bonds. The molecular weight excluding hydrogens is 404 g/mol. The van der Waals surface area contributed by atoms with Gasteiger partial charge in [-0.2, -0.15) is 0 Å². The van der Waals surface area contributed by atoms with Gasteiger partial charge < -0.3 is 40.1 Å². The third-order valence-electron chi connectivity index (χ3n) is 6.49. The van der Waals surface area contributed by atoms with Crippen LogP contribution in [0.2, 0.25) is 0 Å². The van der Waals surface area contributed by atoms with Gasteiger partial charge in [0.05, 0.1) is 13.2 Å². The molecule has 6 N–H and O–H groups in total. The molecule has 31 heavy (non-hydrogen) atoms. The van der Waals surface area contributed by atoms with Crippen LogP contribution in [-0.4, -0.2) is 68.0 Å².